The van der Waals surface area contributed by atoms with Crippen LogP contribution in [0.15, 0.2) is 24.3 Å². The highest BCUT2D eigenvalue weighted by Gasteiger charge is 2.35. The van der Waals surface area contributed by atoms with Crippen LogP contribution in [0.3, 0.4) is 0 Å². The van der Waals surface area contributed by atoms with Crippen molar-refractivity contribution >= 4 is 17.6 Å². The highest BCUT2D eigenvalue weighted by atomic mass is 16.4. The summed E-state index contributed by atoms with van der Waals surface area (Å²) in [4.78, 5) is 23.5. The molecular weight excluding hydrogens is 256 g/mol. The van der Waals surface area contributed by atoms with Crippen LogP contribution in [0, 0.1) is 23.2 Å². The second kappa shape index (κ2) is 6.20. The third-order valence-corrected chi connectivity index (χ3v) is 3.73. The zero-order valence-electron chi connectivity index (χ0n) is 11.0. The van der Waals surface area contributed by atoms with E-state index in [1.165, 1.54) is 0 Å². The van der Waals surface area contributed by atoms with Crippen LogP contribution in [-0.2, 0) is 9.59 Å². The number of nitriles is 1. The Labute approximate surface area is 117 Å². The van der Waals surface area contributed by atoms with Gasteiger partial charge in [0.05, 0.1) is 23.1 Å². The number of carbonyl (C=O) groups excluding carboxylic acids is 1. The molecule has 1 aromatic rings. The molecule has 1 fully saturated rings. The van der Waals surface area contributed by atoms with Gasteiger partial charge in [-0.2, -0.15) is 5.26 Å². The number of rotatable bonds is 3. The maximum Gasteiger partial charge on any atom is 0.307 e. The van der Waals surface area contributed by atoms with Gasteiger partial charge in [0.2, 0.25) is 5.91 Å². The average Bonchev–Trinajstić information content (AvgIpc) is 2.47. The number of carbonyl (C=O) groups is 2. The fraction of sp³-hybridized carbons (Fsp3) is 0.400. The normalized spacial score (nSPS) is 21.8. The van der Waals surface area contributed by atoms with Gasteiger partial charge >= 0.3 is 5.97 Å². The Balaban J connectivity index is 2.14. The Bertz CT molecular complexity index is 562. The Hall–Kier alpha value is -2.35. The van der Waals surface area contributed by atoms with Gasteiger partial charge in [-0.15, -0.1) is 0 Å². The molecule has 0 heterocycles. The van der Waals surface area contributed by atoms with Gasteiger partial charge in [-0.3, -0.25) is 9.59 Å². The number of hydrogen-bond donors (Lipinski definition) is 2. The number of aliphatic carboxylic acids is 1. The van der Waals surface area contributed by atoms with E-state index in [0.29, 0.717) is 24.1 Å². The molecule has 20 heavy (non-hydrogen) atoms. The van der Waals surface area contributed by atoms with Gasteiger partial charge in [0.1, 0.15) is 6.07 Å². The molecule has 2 N–H and O–H groups in total. The lowest BCUT2D eigenvalue weighted by molar-refractivity contribution is -0.147. The number of para-hydroxylation sites is 1. The molecular formula is C15H16N2O3. The van der Waals surface area contributed by atoms with Crippen LogP contribution in [0.4, 0.5) is 5.69 Å². The number of amides is 1. The monoisotopic (exact) mass is 272 g/mol. The van der Waals surface area contributed by atoms with E-state index < -0.39 is 17.8 Å². The molecule has 5 nitrogen and oxygen atoms in total. The van der Waals surface area contributed by atoms with Crippen molar-refractivity contribution in [2.24, 2.45) is 11.8 Å². The van der Waals surface area contributed by atoms with Crippen LogP contribution < -0.4 is 5.32 Å². The molecule has 0 aromatic heterocycles. The second-order valence-electron chi connectivity index (χ2n) is 4.98. The maximum atomic E-state index is 12.3. The van der Waals surface area contributed by atoms with Crippen molar-refractivity contribution in [3.8, 4) is 6.07 Å². The number of nitrogens with zero attached hydrogens (tertiary/aromatic N) is 1. The van der Waals surface area contributed by atoms with Gasteiger partial charge < -0.3 is 10.4 Å². The summed E-state index contributed by atoms with van der Waals surface area (Å²) < 4.78 is 0. The summed E-state index contributed by atoms with van der Waals surface area (Å²) in [5.41, 5.74) is 0.818. The third kappa shape index (κ3) is 2.97. The summed E-state index contributed by atoms with van der Waals surface area (Å²) in [5.74, 6) is -2.37. The molecule has 0 radical (unpaired) electrons. The van der Waals surface area contributed by atoms with Crippen molar-refractivity contribution < 1.29 is 14.7 Å². The molecule has 2 rings (SSSR count). The number of nitrogens with one attached hydrogen (secondary N) is 1. The van der Waals surface area contributed by atoms with Gasteiger partial charge in [0.25, 0.3) is 0 Å². The molecule has 1 saturated carbocycles. The summed E-state index contributed by atoms with van der Waals surface area (Å²) in [5, 5.41) is 20.9. The Kier molecular flexibility index (Phi) is 4.36. The predicted molar refractivity (Wildman–Crippen MR) is 72.9 cm³/mol. The fourth-order valence-electron chi connectivity index (χ4n) is 2.66. The largest absolute Gasteiger partial charge is 0.481 e. The Morgan fingerprint density at radius 3 is 2.50 bits per heavy atom. The maximum absolute atomic E-state index is 12.3. The number of carboxylic acid groups (broad SMARTS) is 1. The lowest BCUT2D eigenvalue weighted by Gasteiger charge is -2.27. The van der Waals surface area contributed by atoms with Crippen LogP contribution in [0.25, 0.3) is 0 Å². The molecule has 1 aromatic carbocycles. The molecule has 5 heteroatoms. The Morgan fingerprint density at radius 1 is 1.20 bits per heavy atom. The van der Waals surface area contributed by atoms with Crippen molar-refractivity contribution in [3.05, 3.63) is 29.8 Å². The molecule has 0 saturated heterocycles. The van der Waals surface area contributed by atoms with Crippen LogP contribution in [-0.4, -0.2) is 17.0 Å². The van der Waals surface area contributed by atoms with E-state index >= 15 is 0 Å². The lowest BCUT2D eigenvalue weighted by atomic mass is 9.78. The van der Waals surface area contributed by atoms with E-state index in [9.17, 15) is 14.7 Å². The molecule has 1 aliphatic rings. The first-order valence-corrected chi connectivity index (χ1v) is 6.66. The first-order chi connectivity index (χ1) is 9.63. The van der Waals surface area contributed by atoms with Crippen LogP contribution in [0.1, 0.15) is 31.2 Å². The third-order valence-electron chi connectivity index (χ3n) is 3.73. The van der Waals surface area contributed by atoms with E-state index in [1.807, 2.05) is 6.07 Å². The first kappa shape index (κ1) is 14.1. The standard InChI is InChI=1S/C15H16N2O3/c16-9-10-5-1-4-8-13(10)17-14(18)11-6-2-3-7-12(11)15(19)20/h1,4-5,8,11-12H,2-3,6-7H2,(H,17,18)(H,19,20)/t11-,12+/m0/s1. The molecule has 0 spiro atoms. The Morgan fingerprint density at radius 2 is 1.85 bits per heavy atom. The van der Waals surface area contributed by atoms with E-state index in [1.54, 1.807) is 24.3 Å². The number of anilines is 1. The SMILES string of the molecule is N#Cc1ccccc1NC(=O)[C@H]1CCCC[C@H]1C(=O)O. The molecule has 104 valence electrons. The lowest BCUT2D eigenvalue weighted by Crippen LogP contribution is -2.36. The summed E-state index contributed by atoms with van der Waals surface area (Å²) in [7, 11) is 0. The topological polar surface area (TPSA) is 90.2 Å². The molecule has 1 aliphatic carbocycles. The molecule has 0 bridgehead atoms. The molecule has 1 amide bonds. The van der Waals surface area contributed by atoms with E-state index in [0.717, 1.165) is 12.8 Å². The van der Waals surface area contributed by atoms with Crippen LogP contribution in [0.2, 0.25) is 0 Å². The average molecular weight is 272 g/mol. The number of benzene rings is 1. The molecule has 0 unspecified atom stereocenters. The van der Waals surface area contributed by atoms with Crippen LogP contribution >= 0.6 is 0 Å². The highest BCUT2D eigenvalue weighted by molar-refractivity contribution is 5.96. The fourth-order valence-corrected chi connectivity index (χ4v) is 2.66. The molecule has 2 atom stereocenters. The van der Waals surface area contributed by atoms with Crippen molar-refractivity contribution in [3.63, 3.8) is 0 Å². The van der Waals surface area contributed by atoms with Gasteiger partial charge in [-0.05, 0) is 25.0 Å². The minimum absolute atomic E-state index is 0.306. The summed E-state index contributed by atoms with van der Waals surface area (Å²) >= 11 is 0. The predicted octanol–water partition coefficient (Wildman–Crippen LogP) is 2.39. The summed E-state index contributed by atoms with van der Waals surface area (Å²) in [6.07, 6.45) is 2.82. The van der Waals surface area contributed by atoms with Gasteiger partial charge in [-0.25, -0.2) is 0 Å². The van der Waals surface area contributed by atoms with Crippen molar-refractivity contribution in [1.29, 1.82) is 5.26 Å². The summed E-state index contributed by atoms with van der Waals surface area (Å²) in [6, 6.07) is 8.72. The highest BCUT2D eigenvalue weighted by Crippen LogP contribution is 2.31. The smallest absolute Gasteiger partial charge is 0.307 e. The minimum Gasteiger partial charge on any atom is -0.481 e. The first-order valence-electron chi connectivity index (χ1n) is 6.66. The zero-order valence-corrected chi connectivity index (χ0v) is 11.0. The minimum atomic E-state index is -0.918. The van der Waals surface area contributed by atoms with E-state index in [-0.39, 0.29) is 5.91 Å². The van der Waals surface area contributed by atoms with E-state index in [4.69, 9.17) is 5.26 Å². The molecule has 0 aliphatic heterocycles. The van der Waals surface area contributed by atoms with Crippen LogP contribution in [0.5, 0.6) is 0 Å². The van der Waals surface area contributed by atoms with Gasteiger partial charge in [0, 0.05) is 0 Å². The van der Waals surface area contributed by atoms with Crippen molar-refractivity contribution in [2.75, 3.05) is 5.32 Å². The quantitative estimate of drug-likeness (QED) is 0.884. The van der Waals surface area contributed by atoms with Gasteiger partial charge in [-0.1, -0.05) is 25.0 Å². The second-order valence-corrected chi connectivity index (χ2v) is 4.98. The zero-order chi connectivity index (χ0) is 14.5. The van der Waals surface area contributed by atoms with E-state index in [2.05, 4.69) is 5.32 Å². The van der Waals surface area contributed by atoms with Crippen molar-refractivity contribution in [2.45, 2.75) is 25.7 Å². The number of hydrogen-bond acceptors (Lipinski definition) is 3. The van der Waals surface area contributed by atoms with Crippen molar-refractivity contribution in [1.82, 2.24) is 0 Å². The summed E-state index contributed by atoms with van der Waals surface area (Å²) in [6.45, 7) is 0. The van der Waals surface area contributed by atoms with Gasteiger partial charge in [0.15, 0.2) is 0 Å². The number of carboxylic acids is 1.